The number of ether oxygens (including phenoxy) is 17. The summed E-state index contributed by atoms with van der Waals surface area (Å²) in [5.74, 6) is -9.14. The average molecular weight is 1320 g/mol. The van der Waals surface area contributed by atoms with E-state index in [1.165, 1.54) is 12.1 Å². The van der Waals surface area contributed by atoms with Crippen LogP contribution in [0.4, 0.5) is 17.6 Å². The maximum absolute atomic E-state index is 14.1. The molecular weight excluding hydrogens is 1230 g/mol. The molecule has 1 heterocycles. The summed E-state index contributed by atoms with van der Waals surface area (Å²) < 4.78 is 148. The lowest BCUT2D eigenvalue weighted by molar-refractivity contribution is -0.137. The van der Waals surface area contributed by atoms with E-state index in [1.807, 2.05) is 0 Å². The molecule has 26 nitrogen and oxygen atoms in total. The zero-order chi connectivity index (χ0) is 66.3. The third kappa shape index (κ3) is 41.2. The van der Waals surface area contributed by atoms with Crippen LogP contribution in [-0.4, -0.2) is 278 Å². The highest BCUT2D eigenvalue weighted by Gasteiger charge is 2.25. The molecule has 1 aliphatic rings. The molecule has 522 valence electrons. The van der Waals surface area contributed by atoms with Crippen LogP contribution in [0.15, 0.2) is 42.5 Å². The van der Waals surface area contributed by atoms with Gasteiger partial charge in [0.2, 0.25) is 11.8 Å². The van der Waals surface area contributed by atoms with Crippen molar-refractivity contribution in [1.82, 2.24) is 15.5 Å². The maximum Gasteiger partial charge on any atom is 0.253 e. The number of nitrogens with one attached hydrogen (secondary N) is 2. The largest absolute Gasteiger partial charge is 0.486 e. The van der Waals surface area contributed by atoms with Crippen LogP contribution in [0.5, 0.6) is 5.75 Å². The molecule has 1 aliphatic heterocycles. The highest BCUT2D eigenvalue weighted by molar-refractivity contribution is 6.13. The Balaban J connectivity index is 1.19. The minimum atomic E-state index is -1.67. The third-order valence-electron chi connectivity index (χ3n) is 12.5. The van der Waals surface area contributed by atoms with Gasteiger partial charge in [0.05, 0.1) is 204 Å². The Hall–Kier alpha value is -5.52. The number of nitrogens with zero attached hydrogens (tertiary/aromatic N) is 1. The van der Waals surface area contributed by atoms with E-state index < -0.39 is 71.4 Å². The molecule has 0 saturated carbocycles. The number of rotatable bonds is 64. The van der Waals surface area contributed by atoms with Crippen LogP contribution in [0.2, 0.25) is 0 Å². The fourth-order valence-corrected chi connectivity index (χ4v) is 7.77. The fraction of sp³-hybridized carbons (Fsp3) is 0.677. The van der Waals surface area contributed by atoms with Crippen molar-refractivity contribution in [1.29, 1.82) is 0 Å². The second-order valence-corrected chi connectivity index (χ2v) is 19.7. The summed E-state index contributed by atoms with van der Waals surface area (Å²) in [6.07, 6.45) is 1.85. The third-order valence-corrected chi connectivity index (χ3v) is 12.5. The number of hydrogen-bond acceptors (Lipinski definition) is 23. The summed E-state index contributed by atoms with van der Waals surface area (Å²) in [6.45, 7) is 11.4. The van der Waals surface area contributed by atoms with Gasteiger partial charge in [0, 0.05) is 76.3 Å². The number of benzene rings is 2. The zero-order valence-electron chi connectivity index (χ0n) is 52.8. The lowest BCUT2D eigenvalue weighted by Gasteiger charge is -2.18. The van der Waals surface area contributed by atoms with Gasteiger partial charge < -0.3 is 91.2 Å². The molecule has 2 aromatic rings. The van der Waals surface area contributed by atoms with Crippen molar-refractivity contribution in [2.24, 2.45) is 0 Å². The Kier molecular flexibility index (Phi) is 48.1. The van der Waals surface area contributed by atoms with E-state index in [4.69, 9.17) is 80.5 Å². The van der Waals surface area contributed by atoms with Crippen LogP contribution in [-0.2, 0) is 117 Å². The van der Waals surface area contributed by atoms with E-state index in [2.05, 4.69) is 10.6 Å². The number of methoxy groups -OCH3 is 1. The van der Waals surface area contributed by atoms with Crippen molar-refractivity contribution in [3.05, 3.63) is 76.9 Å². The van der Waals surface area contributed by atoms with Crippen molar-refractivity contribution in [3.8, 4) is 5.75 Å². The van der Waals surface area contributed by atoms with Gasteiger partial charge in [-0.3, -0.25) is 33.7 Å². The van der Waals surface area contributed by atoms with E-state index in [1.54, 1.807) is 19.2 Å². The van der Waals surface area contributed by atoms with E-state index in [0.717, 1.165) is 17.1 Å². The molecule has 0 aliphatic carbocycles. The van der Waals surface area contributed by atoms with E-state index in [0.29, 0.717) is 157 Å². The molecule has 92 heavy (non-hydrogen) atoms. The monoisotopic (exact) mass is 1320 g/mol. The molecule has 0 spiro atoms. The number of halogens is 4. The normalized spacial score (nSPS) is 12.6. The Morgan fingerprint density at radius 1 is 0.457 bits per heavy atom. The Bertz CT molecular complexity index is 2300. The number of ketones is 2. The molecule has 30 heteroatoms. The smallest absolute Gasteiger partial charge is 0.253 e. The predicted octanol–water partition coefficient (Wildman–Crippen LogP) is 2.53. The number of hydrogen-bond donors (Lipinski definition) is 2. The lowest BCUT2D eigenvalue weighted by Crippen LogP contribution is -2.42. The highest BCUT2D eigenvalue weighted by Crippen LogP contribution is 2.21. The van der Waals surface area contributed by atoms with Crippen LogP contribution in [0.1, 0.15) is 36.8 Å². The van der Waals surface area contributed by atoms with Crippen molar-refractivity contribution < 1.29 is 127 Å². The summed E-state index contributed by atoms with van der Waals surface area (Å²) >= 11 is 0. The van der Waals surface area contributed by atoms with Crippen LogP contribution in [0.3, 0.4) is 0 Å². The number of imide groups is 1. The van der Waals surface area contributed by atoms with Crippen LogP contribution < -0.4 is 15.4 Å². The van der Waals surface area contributed by atoms with Crippen LogP contribution >= 0.6 is 0 Å². The standard InChI is InChI=1S/C62H93F4N3O23/c1-76-17-18-80-25-26-84-31-32-86-35-36-88-39-40-90-43-44-91-42-41-89-38-37-87-34-33-85-30-27-81-22-19-77-14-2-3-56(71)55(45-49-4-6-51(7-5-49)92-48-50(70)46-52-61(65)53(63)47-54(64)62(52)66)68-58(73)11-15-78-20-23-82-28-29-83-24-21-79-16-12-67-57(72)10-13-69-59(74)8-9-60(69)75/h4-9,47,55H,2-3,10-46,48H2,1H3,(H,67,72)(H,68,73). The first-order valence-electron chi connectivity index (χ1n) is 30.7. The minimum absolute atomic E-state index is 0.00199. The van der Waals surface area contributed by atoms with Gasteiger partial charge in [0.15, 0.2) is 34.8 Å². The van der Waals surface area contributed by atoms with E-state index in [9.17, 15) is 46.3 Å². The Labute approximate surface area is 534 Å². The summed E-state index contributed by atoms with van der Waals surface area (Å²) in [4.78, 5) is 75.2. The lowest BCUT2D eigenvalue weighted by atomic mass is 9.99. The summed E-state index contributed by atoms with van der Waals surface area (Å²) in [7, 11) is 1.63. The summed E-state index contributed by atoms with van der Waals surface area (Å²) in [6, 6.07) is 5.32. The van der Waals surface area contributed by atoms with Gasteiger partial charge in [-0.15, -0.1) is 0 Å². The first-order chi connectivity index (χ1) is 44.9. The molecule has 3 rings (SSSR count). The Morgan fingerprint density at radius 2 is 0.837 bits per heavy atom. The Morgan fingerprint density at radius 3 is 1.25 bits per heavy atom. The molecular formula is C62H93F4N3O23. The van der Waals surface area contributed by atoms with Crippen LogP contribution in [0.25, 0.3) is 0 Å². The van der Waals surface area contributed by atoms with Gasteiger partial charge in [-0.2, -0.15) is 0 Å². The van der Waals surface area contributed by atoms with Gasteiger partial charge in [-0.25, -0.2) is 17.6 Å². The quantitative estimate of drug-likeness (QED) is 0.0416. The molecule has 1 unspecified atom stereocenters. The van der Waals surface area contributed by atoms with Crippen molar-refractivity contribution >= 4 is 35.2 Å². The van der Waals surface area contributed by atoms with Crippen molar-refractivity contribution in [2.75, 3.05) is 232 Å². The van der Waals surface area contributed by atoms with Gasteiger partial charge in [-0.05, 0) is 30.5 Å². The predicted molar refractivity (Wildman–Crippen MR) is 319 cm³/mol. The first-order valence-corrected chi connectivity index (χ1v) is 30.7. The molecule has 0 radical (unpaired) electrons. The number of amides is 4. The average Bonchev–Trinajstić information content (AvgIpc) is 1.38. The molecule has 0 saturated heterocycles. The molecule has 4 amide bonds. The van der Waals surface area contributed by atoms with Crippen molar-refractivity contribution in [3.63, 3.8) is 0 Å². The molecule has 1 atom stereocenters. The maximum atomic E-state index is 14.1. The van der Waals surface area contributed by atoms with Crippen LogP contribution in [0, 0.1) is 23.3 Å². The molecule has 0 aromatic heterocycles. The van der Waals surface area contributed by atoms with Gasteiger partial charge in [0.1, 0.15) is 12.4 Å². The van der Waals surface area contributed by atoms with Gasteiger partial charge in [-0.1, -0.05) is 12.1 Å². The zero-order valence-corrected chi connectivity index (χ0v) is 52.8. The topological polar surface area (TPSA) is 287 Å². The second kappa shape index (κ2) is 54.8. The number of Topliss-reactive ketones (excluding diaryl/α,β-unsaturated/α-hetero) is 2. The molecule has 0 fully saturated rings. The van der Waals surface area contributed by atoms with E-state index >= 15 is 0 Å². The molecule has 2 aromatic carbocycles. The molecule has 2 N–H and O–H groups in total. The van der Waals surface area contributed by atoms with Gasteiger partial charge >= 0.3 is 0 Å². The van der Waals surface area contributed by atoms with Crippen molar-refractivity contribution in [2.45, 2.75) is 44.6 Å². The first kappa shape index (κ1) is 80.7. The molecule has 0 bridgehead atoms. The summed E-state index contributed by atoms with van der Waals surface area (Å²) in [5, 5.41) is 5.45. The highest BCUT2D eigenvalue weighted by atomic mass is 19.2. The van der Waals surface area contributed by atoms with E-state index in [-0.39, 0.29) is 122 Å². The fourth-order valence-electron chi connectivity index (χ4n) is 7.77. The second-order valence-electron chi connectivity index (χ2n) is 19.7. The van der Waals surface area contributed by atoms with Gasteiger partial charge in [0.25, 0.3) is 11.8 Å². The number of carbonyl (C=O) groups excluding carboxylic acids is 6. The number of carbonyl (C=O) groups is 6. The SMILES string of the molecule is COCCOCCOCCOCCOCCOCCOCCOCCOCCOCCOCCOCCCC(=O)C(Cc1ccc(OCC(=O)Cc2c(F)c(F)cc(F)c2F)cc1)NC(=O)CCOCCOCCOCCOCCNC(=O)CCN1C(=O)C=CC1=O. The summed E-state index contributed by atoms with van der Waals surface area (Å²) in [5.41, 5.74) is -0.425. The minimum Gasteiger partial charge on any atom is -0.486 e.